The lowest BCUT2D eigenvalue weighted by Crippen LogP contribution is -2.48. The Kier molecular flexibility index (Phi) is 13.6. The van der Waals surface area contributed by atoms with Crippen molar-refractivity contribution >= 4 is 23.8 Å². The maximum absolute atomic E-state index is 12.5. The second-order valence-corrected chi connectivity index (χ2v) is 9.43. The summed E-state index contributed by atoms with van der Waals surface area (Å²) in [5, 5.41) is 30.9. The fourth-order valence-electron chi connectivity index (χ4n) is 4.20. The van der Waals surface area contributed by atoms with Crippen molar-refractivity contribution in [1.29, 1.82) is 0 Å². The van der Waals surface area contributed by atoms with Crippen molar-refractivity contribution in [2.45, 2.75) is 26.3 Å². The topological polar surface area (TPSA) is 167 Å². The van der Waals surface area contributed by atoms with Crippen LogP contribution < -0.4 is 5.32 Å². The zero-order valence-corrected chi connectivity index (χ0v) is 22.0. The molecule has 0 unspecified atom stereocenters. The number of carbonyl (C=O) groups excluding carboxylic acids is 1. The minimum atomic E-state index is -0.994. The highest BCUT2D eigenvalue weighted by molar-refractivity contribution is 5.94. The molecule has 38 heavy (non-hydrogen) atoms. The maximum atomic E-state index is 12.5. The van der Waals surface area contributed by atoms with Crippen molar-refractivity contribution in [3.8, 4) is 0 Å². The van der Waals surface area contributed by atoms with Gasteiger partial charge in [0.1, 0.15) is 0 Å². The van der Waals surface area contributed by atoms with E-state index in [1.807, 2.05) is 0 Å². The van der Waals surface area contributed by atoms with Gasteiger partial charge in [0, 0.05) is 77.2 Å². The fraction of sp³-hybridized carbons (Fsp3) is 0.640. The first-order valence-electron chi connectivity index (χ1n) is 12.9. The molecular weight excluding hydrogens is 496 g/mol. The number of hydrogen-bond acceptors (Lipinski definition) is 9. The zero-order chi connectivity index (χ0) is 27.9. The number of rotatable bonds is 12. The van der Waals surface area contributed by atoms with E-state index in [1.165, 1.54) is 0 Å². The molecule has 1 aromatic rings. The first kappa shape index (κ1) is 31.1. The van der Waals surface area contributed by atoms with Crippen LogP contribution in [0, 0.1) is 0 Å². The summed E-state index contributed by atoms with van der Waals surface area (Å²) in [6.07, 6.45) is 3.46. The lowest BCUT2D eigenvalue weighted by atomic mass is 10.2. The van der Waals surface area contributed by atoms with Gasteiger partial charge in [-0.3, -0.25) is 43.8 Å². The summed E-state index contributed by atoms with van der Waals surface area (Å²) in [6, 6.07) is 3.40. The molecule has 1 saturated heterocycles. The van der Waals surface area contributed by atoms with Gasteiger partial charge in [0.15, 0.2) is 0 Å². The minimum Gasteiger partial charge on any atom is -0.480 e. The number of amides is 1. The monoisotopic (exact) mass is 536 g/mol. The van der Waals surface area contributed by atoms with Gasteiger partial charge in [-0.25, -0.2) is 0 Å². The van der Waals surface area contributed by atoms with E-state index in [2.05, 4.69) is 22.1 Å². The molecule has 1 aliphatic rings. The molecular formula is C25H40N6O7. The van der Waals surface area contributed by atoms with Gasteiger partial charge in [0.25, 0.3) is 5.91 Å². The second kappa shape index (κ2) is 16.7. The molecule has 1 fully saturated rings. The predicted molar refractivity (Wildman–Crippen MR) is 139 cm³/mol. The Morgan fingerprint density at radius 3 is 1.66 bits per heavy atom. The van der Waals surface area contributed by atoms with E-state index in [4.69, 9.17) is 0 Å². The molecule has 13 nitrogen and oxygen atoms in total. The molecule has 1 aromatic heterocycles. The molecule has 0 aromatic carbocycles. The average molecular weight is 537 g/mol. The number of aliphatic carboxylic acids is 3. The Morgan fingerprint density at radius 1 is 0.789 bits per heavy atom. The van der Waals surface area contributed by atoms with Gasteiger partial charge in [-0.1, -0.05) is 13.3 Å². The maximum Gasteiger partial charge on any atom is 0.317 e. The molecule has 0 radical (unpaired) electrons. The highest BCUT2D eigenvalue weighted by Gasteiger charge is 2.20. The predicted octanol–water partition coefficient (Wildman–Crippen LogP) is -0.413. The number of pyridine rings is 1. The lowest BCUT2D eigenvalue weighted by Gasteiger charge is -2.33. The molecule has 212 valence electrons. The van der Waals surface area contributed by atoms with Crippen molar-refractivity contribution in [2.75, 3.05) is 78.5 Å². The summed E-state index contributed by atoms with van der Waals surface area (Å²) >= 11 is 0. The van der Waals surface area contributed by atoms with E-state index in [1.54, 1.807) is 33.0 Å². The standard InChI is InChI=1S/C25H40N6O7/c1-2-3-5-27-25(38)20-4-6-26-21(15-20)16-28-7-9-29(17-22(32)33)11-13-31(19-24(36)37)14-12-30(10-8-28)18-23(34)35/h4,6,15H,2-3,5,7-14,16-19H2,1H3,(H,27,38)(H,32,33)(H,34,35)(H,36,37). The van der Waals surface area contributed by atoms with Gasteiger partial charge in [-0.05, 0) is 18.6 Å². The number of aromatic nitrogens is 1. The summed E-state index contributed by atoms with van der Waals surface area (Å²) in [6.45, 7) is 5.72. The van der Waals surface area contributed by atoms with E-state index in [9.17, 15) is 34.5 Å². The Morgan fingerprint density at radius 2 is 1.24 bits per heavy atom. The van der Waals surface area contributed by atoms with Crippen LogP contribution in [0.3, 0.4) is 0 Å². The minimum absolute atomic E-state index is 0.165. The molecule has 4 N–H and O–H groups in total. The van der Waals surface area contributed by atoms with E-state index in [-0.39, 0.29) is 25.5 Å². The molecule has 0 atom stereocenters. The van der Waals surface area contributed by atoms with Crippen molar-refractivity contribution in [2.24, 2.45) is 0 Å². The molecule has 0 spiro atoms. The first-order valence-corrected chi connectivity index (χ1v) is 12.9. The fourth-order valence-corrected chi connectivity index (χ4v) is 4.20. The van der Waals surface area contributed by atoms with Crippen molar-refractivity contribution in [3.05, 3.63) is 29.6 Å². The third kappa shape index (κ3) is 12.4. The number of carbonyl (C=O) groups is 4. The zero-order valence-electron chi connectivity index (χ0n) is 22.0. The van der Waals surface area contributed by atoms with E-state index < -0.39 is 17.9 Å². The van der Waals surface area contributed by atoms with Crippen LogP contribution in [0.15, 0.2) is 18.3 Å². The summed E-state index contributed by atoms with van der Waals surface area (Å²) in [5.41, 5.74) is 1.20. The van der Waals surface area contributed by atoms with Gasteiger partial charge < -0.3 is 20.6 Å². The molecule has 0 aliphatic carbocycles. The van der Waals surface area contributed by atoms with Crippen LogP contribution in [0.5, 0.6) is 0 Å². The third-order valence-corrected chi connectivity index (χ3v) is 6.29. The molecule has 2 rings (SSSR count). The quantitative estimate of drug-likeness (QED) is 0.255. The van der Waals surface area contributed by atoms with E-state index >= 15 is 0 Å². The Hall–Kier alpha value is -3.13. The number of carboxylic acids is 3. The smallest absolute Gasteiger partial charge is 0.317 e. The van der Waals surface area contributed by atoms with E-state index in [0.29, 0.717) is 76.7 Å². The average Bonchev–Trinajstić information content (AvgIpc) is 2.85. The van der Waals surface area contributed by atoms with Crippen LogP contribution in [-0.2, 0) is 20.9 Å². The van der Waals surface area contributed by atoms with Crippen LogP contribution in [0.25, 0.3) is 0 Å². The summed E-state index contributed by atoms with van der Waals surface area (Å²) < 4.78 is 0. The highest BCUT2D eigenvalue weighted by atomic mass is 16.4. The van der Waals surface area contributed by atoms with Gasteiger partial charge in [-0.15, -0.1) is 0 Å². The summed E-state index contributed by atoms with van der Waals surface area (Å²) in [4.78, 5) is 58.4. The van der Waals surface area contributed by atoms with Crippen LogP contribution in [0.2, 0.25) is 0 Å². The first-order chi connectivity index (χ1) is 18.2. The molecule has 0 saturated carbocycles. The number of carboxylic acid groups (broad SMARTS) is 3. The van der Waals surface area contributed by atoms with Crippen LogP contribution in [0.4, 0.5) is 0 Å². The summed E-state index contributed by atoms with van der Waals surface area (Å²) in [7, 11) is 0. The SMILES string of the molecule is CCCCNC(=O)c1ccnc(CN2CCN(CC(=O)O)CCN(CC(=O)O)CCN(CC(=O)O)CC2)c1. The Bertz CT molecular complexity index is 899. The Balaban J connectivity index is 2.17. The molecule has 0 bridgehead atoms. The van der Waals surface area contributed by atoms with Crippen LogP contribution in [0.1, 0.15) is 35.8 Å². The number of hydrogen-bond donors (Lipinski definition) is 4. The van der Waals surface area contributed by atoms with Gasteiger partial charge in [-0.2, -0.15) is 0 Å². The second-order valence-electron chi connectivity index (χ2n) is 9.43. The third-order valence-electron chi connectivity index (χ3n) is 6.29. The highest BCUT2D eigenvalue weighted by Crippen LogP contribution is 2.08. The molecule has 2 heterocycles. The van der Waals surface area contributed by atoms with Crippen molar-refractivity contribution < 1.29 is 34.5 Å². The summed E-state index contributed by atoms with van der Waals surface area (Å²) in [5.74, 6) is -3.09. The number of unbranched alkanes of at least 4 members (excludes halogenated alkanes) is 1. The molecule has 1 amide bonds. The van der Waals surface area contributed by atoms with Crippen LogP contribution in [-0.4, -0.2) is 142 Å². The van der Waals surface area contributed by atoms with Crippen molar-refractivity contribution in [1.82, 2.24) is 29.9 Å². The van der Waals surface area contributed by atoms with E-state index in [0.717, 1.165) is 12.8 Å². The lowest BCUT2D eigenvalue weighted by molar-refractivity contribution is -0.140. The van der Waals surface area contributed by atoms with Gasteiger partial charge in [0.2, 0.25) is 0 Å². The van der Waals surface area contributed by atoms with Gasteiger partial charge >= 0.3 is 17.9 Å². The molecule has 1 aliphatic heterocycles. The van der Waals surface area contributed by atoms with Gasteiger partial charge in [0.05, 0.1) is 25.3 Å². The Labute approximate surface area is 223 Å². The normalized spacial score (nSPS) is 17.3. The van der Waals surface area contributed by atoms with Crippen LogP contribution >= 0.6 is 0 Å². The molecule has 13 heteroatoms. The number of nitrogens with zero attached hydrogens (tertiary/aromatic N) is 5. The number of nitrogens with one attached hydrogen (secondary N) is 1. The van der Waals surface area contributed by atoms with Crippen molar-refractivity contribution in [3.63, 3.8) is 0 Å². The largest absolute Gasteiger partial charge is 0.480 e.